The van der Waals surface area contributed by atoms with Crippen LogP contribution in [0.15, 0.2) is 66.9 Å². The maximum atomic E-state index is 12.6. The minimum Gasteiger partial charge on any atom is -0.383 e. The lowest BCUT2D eigenvalue weighted by Crippen LogP contribution is -2.33. The second-order valence-corrected chi connectivity index (χ2v) is 8.35. The van der Waals surface area contributed by atoms with Crippen molar-refractivity contribution in [2.45, 2.75) is 40.0 Å². The summed E-state index contributed by atoms with van der Waals surface area (Å²) < 4.78 is 0. The van der Waals surface area contributed by atoms with Gasteiger partial charge in [0, 0.05) is 36.8 Å². The number of aromatic nitrogens is 1. The smallest absolute Gasteiger partial charge is 0.226 e. The highest BCUT2D eigenvalue weighted by molar-refractivity contribution is 5.97. The van der Waals surface area contributed by atoms with E-state index in [1.165, 1.54) is 0 Å². The molecule has 0 fully saturated rings. The lowest BCUT2D eigenvalue weighted by Gasteiger charge is -2.24. The number of hydrogen-bond acceptors (Lipinski definition) is 4. The van der Waals surface area contributed by atoms with Crippen molar-refractivity contribution in [2.75, 3.05) is 17.2 Å². The van der Waals surface area contributed by atoms with Crippen LogP contribution >= 0.6 is 0 Å². The zero-order valence-electron chi connectivity index (χ0n) is 19.0. The van der Waals surface area contributed by atoms with Crippen molar-refractivity contribution in [1.82, 2.24) is 4.98 Å². The molecule has 0 unspecified atom stereocenters. The number of ketones is 1. The molecular weight excluding hydrogens is 398 g/mol. The third-order valence-electron chi connectivity index (χ3n) is 5.42. The van der Waals surface area contributed by atoms with E-state index >= 15 is 0 Å². The molecule has 0 saturated heterocycles. The normalized spacial score (nSPS) is 10.9. The van der Waals surface area contributed by atoms with Crippen LogP contribution in [0.3, 0.4) is 0 Å². The fourth-order valence-corrected chi connectivity index (χ4v) is 3.64. The number of benzene rings is 2. The molecule has 0 aliphatic carbocycles. The van der Waals surface area contributed by atoms with Crippen LogP contribution in [0.25, 0.3) is 11.1 Å². The molecule has 1 aromatic heterocycles. The van der Waals surface area contributed by atoms with Crippen molar-refractivity contribution in [3.05, 3.63) is 78.0 Å². The number of amides is 1. The Morgan fingerprint density at radius 1 is 0.969 bits per heavy atom. The van der Waals surface area contributed by atoms with Gasteiger partial charge in [0.2, 0.25) is 5.91 Å². The first kappa shape index (κ1) is 23.2. The molecule has 1 amide bonds. The summed E-state index contributed by atoms with van der Waals surface area (Å²) in [7, 11) is 0. The molecule has 5 heteroatoms. The van der Waals surface area contributed by atoms with Gasteiger partial charge in [0.25, 0.3) is 0 Å². The van der Waals surface area contributed by atoms with E-state index in [-0.39, 0.29) is 11.7 Å². The predicted molar refractivity (Wildman–Crippen MR) is 131 cm³/mol. The molecule has 1 heterocycles. The Balaban J connectivity index is 1.68. The van der Waals surface area contributed by atoms with Crippen molar-refractivity contribution in [3.8, 4) is 11.1 Å². The van der Waals surface area contributed by atoms with E-state index in [9.17, 15) is 9.59 Å². The Morgan fingerprint density at radius 2 is 1.59 bits per heavy atom. The standard InChI is InChI=1S/C27H31N3O2/c1-4-26(32)30(18-19(2)3)24-14-11-21(12-15-24)20-7-9-22(10-8-20)25(31)16-13-23-6-5-17-29-27(23)28/h5-12,14-15,17,19H,4,13,16,18H2,1-3H3,(H2,28,29). The number of carbonyl (C=O) groups excluding carboxylic acids is 2. The third-order valence-corrected chi connectivity index (χ3v) is 5.42. The predicted octanol–water partition coefficient (Wildman–Crippen LogP) is 5.55. The van der Waals surface area contributed by atoms with Gasteiger partial charge in [-0.15, -0.1) is 0 Å². The van der Waals surface area contributed by atoms with E-state index in [1.54, 1.807) is 6.20 Å². The number of nitrogens with two attached hydrogens (primary N) is 1. The number of aryl methyl sites for hydroxylation is 1. The third kappa shape index (κ3) is 5.82. The molecule has 3 aromatic rings. The van der Waals surface area contributed by atoms with Crippen molar-refractivity contribution >= 4 is 23.2 Å². The number of carbonyl (C=O) groups is 2. The van der Waals surface area contributed by atoms with E-state index in [1.807, 2.05) is 72.5 Å². The zero-order chi connectivity index (χ0) is 23.1. The molecule has 0 spiro atoms. The molecule has 0 saturated carbocycles. The highest BCUT2D eigenvalue weighted by Gasteiger charge is 2.15. The van der Waals surface area contributed by atoms with Crippen molar-refractivity contribution in [3.63, 3.8) is 0 Å². The second kappa shape index (κ2) is 10.7. The van der Waals surface area contributed by atoms with Crippen molar-refractivity contribution in [2.24, 2.45) is 5.92 Å². The van der Waals surface area contributed by atoms with Crippen molar-refractivity contribution in [1.29, 1.82) is 0 Å². The number of nitrogen functional groups attached to an aromatic ring is 1. The van der Waals surface area contributed by atoms with E-state index < -0.39 is 0 Å². The molecule has 166 valence electrons. The molecule has 0 atom stereocenters. The largest absolute Gasteiger partial charge is 0.383 e. The number of anilines is 2. The van der Waals surface area contributed by atoms with Crippen LogP contribution in [0.5, 0.6) is 0 Å². The van der Waals surface area contributed by atoms with Crippen LogP contribution in [0, 0.1) is 5.92 Å². The number of nitrogens with zero attached hydrogens (tertiary/aromatic N) is 2. The highest BCUT2D eigenvalue weighted by Crippen LogP contribution is 2.25. The van der Waals surface area contributed by atoms with Gasteiger partial charge in [-0.1, -0.05) is 63.2 Å². The van der Waals surface area contributed by atoms with E-state index in [0.29, 0.717) is 43.1 Å². The van der Waals surface area contributed by atoms with Crippen LogP contribution < -0.4 is 10.6 Å². The van der Waals surface area contributed by atoms with Gasteiger partial charge in [-0.25, -0.2) is 4.98 Å². The molecule has 2 aromatic carbocycles. The average Bonchev–Trinajstić information content (AvgIpc) is 2.81. The molecule has 0 bridgehead atoms. The van der Waals surface area contributed by atoms with Gasteiger partial charge in [-0.3, -0.25) is 9.59 Å². The molecule has 2 N–H and O–H groups in total. The van der Waals surface area contributed by atoms with Gasteiger partial charge >= 0.3 is 0 Å². The Hall–Kier alpha value is -3.47. The summed E-state index contributed by atoms with van der Waals surface area (Å²) in [6, 6.07) is 19.4. The number of rotatable bonds is 9. The topological polar surface area (TPSA) is 76.3 Å². The molecule has 0 aliphatic heterocycles. The molecule has 5 nitrogen and oxygen atoms in total. The quantitative estimate of drug-likeness (QED) is 0.453. The maximum Gasteiger partial charge on any atom is 0.226 e. The van der Waals surface area contributed by atoms with Gasteiger partial charge in [-0.05, 0) is 47.2 Å². The minimum absolute atomic E-state index is 0.0811. The summed E-state index contributed by atoms with van der Waals surface area (Å²) in [4.78, 5) is 30.8. The molecule has 32 heavy (non-hydrogen) atoms. The summed E-state index contributed by atoms with van der Waals surface area (Å²) in [5.41, 5.74) is 10.4. The average molecular weight is 430 g/mol. The van der Waals surface area contributed by atoms with Crippen LogP contribution in [0.1, 0.15) is 49.5 Å². The highest BCUT2D eigenvalue weighted by atomic mass is 16.2. The first-order chi connectivity index (χ1) is 15.4. The van der Waals surface area contributed by atoms with Gasteiger partial charge in [-0.2, -0.15) is 0 Å². The summed E-state index contributed by atoms with van der Waals surface area (Å²) in [5.74, 6) is 1.08. The lowest BCUT2D eigenvalue weighted by atomic mass is 9.99. The molecular formula is C27H31N3O2. The molecule has 0 aliphatic rings. The van der Waals surface area contributed by atoms with Crippen LogP contribution in [0.4, 0.5) is 11.5 Å². The van der Waals surface area contributed by atoms with E-state index in [2.05, 4.69) is 18.8 Å². The van der Waals surface area contributed by atoms with Gasteiger partial charge in [0.05, 0.1) is 0 Å². The van der Waals surface area contributed by atoms with Crippen LogP contribution in [-0.4, -0.2) is 23.2 Å². The fourth-order valence-electron chi connectivity index (χ4n) is 3.64. The molecule has 3 rings (SSSR count). The van der Waals surface area contributed by atoms with Crippen LogP contribution in [0.2, 0.25) is 0 Å². The first-order valence-electron chi connectivity index (χ1n) is 11.1. The maximum absolute atomic E-state index is 12.6. The summed E-state index contributed by atoms with van der Waals surface area (Å²) in [5, 5.41) is 0. The lowest BCUT2D eigenvalue weighted by molar-refractivity contribution is -0.118. The zero-order valence-corrected chi connectivity index (χ0v) is 19.0. The van der Waals surface area contributed by atoms with Gasteiger partial charge in [0.15, 0.2) is 5.78 Å². The van der Waals surface area contributed by atoms with E-state index in [4.69, 9.17) is 5.73 Å². The number of pyridine rings is 1. The second-order valence-electron chi connectivity index (χ2n) is 8.35. The van der Waals surface area contributed by atoms with Crippen molar-refractivity contribution < 1.29 is 9.59 Å². The monoisotopic (exact) mass is 429 g/mol. The Kier molecular flexibility index (Phi) is 7.77. The number of hydrogen-bond donors (Lipinski definition) is 1. The summed E-state index contributed by atoms with van der Waals surface area (Å²) in [6.45, 7) is 6.81. The SMILES string of the molecule is CCC(=O)N(CC(C)C)c1ccc(-c2ccc(C(=O)CCc3cccnc3N)cc2)cc1. The minimum atomic E-state index is 0.0811. The fraction of sp³-hybridized carbons (Fsp3) is 0.296. The molecule has 0 radical (unpaired) electrons. The Bertz CT molecular complexity index is 1060. The van der Waals surface area contributed by atoms with Gasteiger partial charge < -0.3 is 10.6 Å². The van der Waals surface area contributed by atoms with Gasteiger partial charge in [0.1, 0.15) is 5.82 Å². The first-order valence-corrected chi connectivity index (χ1v) is 11.1. The Labute approximate surface area is 190 Å². The summed E-state index contributed by atoms with van der Waals surface area (Å²) >= 11 is 0. The summed E-state index contributed by atoms with van der Waals surface area (Å²) in [6.07, 6.45) is 3.10. The Morgan fingerprint density at radius 3 is 2.16 bits per heavy atom. The van der Waals surface area contributed by atoms with Crippen LogP contribution in [-0.2, 0) is 11.2 Å². The number of Topliss-reactive ketones (excluding diaryl/α,β-unsaturated/α-hetero) is 1. The van der Waals surface area contributed by atoms with E-state index in [0.717, 1.165) is 22.4 Å².